The van der Waals surface area contributed by atoms with Crippen LogP contribution < -0.4 is 5.32 Å². The lowest BCUT2D eigenvalue weighted by Crippen LogP contribution is -2.27. The molecule has 3 aromatic rings. The van der Waals surface area contributed by atoms with Gasteiger partial charge in [0.15, 0.2) is 9.84 Å². The number of imidazole rings is 1. The number of sulfone groups is 1. The van der Waals surface area contributed by atoms with Gasteiger partial charge in [0.1, 0.15) is 5.82 Å². The molecule has 0 aliphatic rings. The minimum atomic E-state index is -3.13. The van der Waals surface area contributed by atoms with Gasteiger partial charge in [-0.2, -0.15) is 0 Å². The average Bonchev–Trinajstić information content (AvgIpc) is 2.89. The normalized spacial score (nSPS) is 11.6. The Labute approximate surface area is 152 Å². The summed E-state index contributed by atoms with van der Waals surface area (Å²) < 4.78 is 24.9. The Kier molecular flexibility index (Phi) is 5.08. The van der Waals surface area contributed by atoms with Crippen molar-refractivity contribution in [2.45, 2.75) is 19.2 Å². The number of carbonyl (C=O) groups is 1. The van der Waals surface area contributed by atoms with E-state index >= 15 is 0 Å². The van der Waals surface area contributed by atoms with Crippen LogP contribution in [0.15, 0.2) is 48.5 Å². The molecule has 26 heavy (non-hydrogen) atoms. The standard InChI is InChI=1S/C19H21N3O3S/c1-14-21-17-8-3-4-9-18(17)22(14)11-10-20-19(23)16-7-5-6-15(12-16)13-26(2,24)25/h3-9,12H,10-11,13H2,1-2H3,(H,20,23). The lowest BCUT2D eigenvalue weighted by atomic mass is 10.1. The van der Waals surface area contributed by atoms with E-state index in [9.17, 15) is 13.2 Å². The Morgan fingerprint density at radius 2 is 1.92 bits per heavy atom. The highest BCUT2D eigenvalue weighted by molar-refractivity contribution is 7.89. The first kappa shape index (κ1) is 18.1. The van der Waals surface area contributed by atoms with Crippen LogP contribution in [-0.2, 0) is 22.1 Å². The minimum absolute atomic E-state index is 0.0751. The van der Waals surface area contributed by atoms with E-state index in [-0.39, 0.29) is 11.7 Å². The molecular formula is C19H21N3O3S. The highest BCUT2D eigenvalue weighted by Gasteiger charge is 2.10. The van der Waals surface area contributed by atoms with Gasteiger partial charge in [-0.15, -0.1) is 0 Å². The Balaban J connectivity index is 1.66. The summed E-state index contributed by atoms with van der Waals surface area (Å²) in [6, 6.07) is 14.6. The zero-order valence-electron chi connectivity index (χ0n) is 14.8. The van der Waals surface area contributed by atoms with Gasteiger partial charge in [0.25, 0.3) is 5.91 Å². The molecule has 0 radical (unpaired) electrons. The number of nitrogens with one attached hydrogen (secondary N) is 1. The number of aromatic nitrogens is 2. The molecule has 1 amide bonds. The second kappa shape index (κ2) is 7.29. The first-order chi connectivity index (χ1) is 12.3. The van der Waals surface area contributed by atoms with Crippen LogP contribution in [0.3, 0.4) is 0 Å². The van der Waals surface area contributed by atoms with Crippen molar-refractivity contribution in [1.82, 2.24) is 14.9 Å². The van der Waals surface area contributed by atoms with E-state index in [0.717, 1.165) is 16.9 Å². The fraction of sp³-hybridized carbons (Fsp3) is 0.263. The van der Waals surface area contributed by atoms with Crippen LogP contribution in [0.4, 0.5) is 0 Å². The summed E-state index contributed by atoms with van der Waals surface area (Å²) in [5.41, 5.74) is 3.04. The van der Waals surface area contributed by atoms with Crippen LogP contribution in [0.2, 0.25) is 0 Å². The number of amides is 1. The summed E-state index contributed by atoms with van der Waals surface area (Å²) in [5.74, 6) is 0.604. The maximum absolute atomic E-state index is 12.4. The molecule has 3 rings (SSSR count). The summed E-state index contributed by atoms with van der Waals surface area (Å²) in [6.07, 6.45) is 1.18. The van der Waals surface area contributed by atoms with Crippen LogP contribution in [0.1, 0.15) is 21.7 Å². The van der Waals surface area contributed by atoms with Gasteiger partial charge in [-0.05, 0) is 36.8 Å². The van der Waals surface area contributed by atoms with Crippen molar-refractivity contribution >= 4 is 26.8 Å². The zero-order valence-corrected chi connectivity index (χ0v) is 15.6. The predicted molar refractivity (Wildman–Crippen MR) is 102 cm³/mol. The van der Waals surface area contributed by atoms with E-state index in [4.69, 9.17) is 0 Å². The number of carbonyl (C=O) groups excluding carboxylic acids is 1. The Morgan fingerprint density at radius 3 is 2.69 bits per heavy atom. The van der Waals surface area contributed by atoms with Gasteiger partial charge in [-0.3, -0.25) is 4.79 Å². The van der Waals surface area contributed by atoms with E-state index in [2.05, 4.69) is 14.9 Å². The fourth-order valence-electron chi connectivity index (χ4n) is 2.97. The number of rotatable bonds is 6. The molecule has 0 saturated heterocycles. The third-order valence-electron chi connectivity index (χ3n) is 4.08. The zero-order chi connectivity index (χ0) is 18.7. The van der Waals surface area contributed by atoms with Gasteiger partial charge in [0.2, 0.25) is 0 Å². The monoisotopic (exact) mass is 371 g/mol. The number of hydrogen-bond acceptors (Lipinski definition) is 4. The summed E-state index contributed by atoms with van der Waals surface area (Å²) in [4.78, 5) is 16.9. The highest BCUT2D eigenvalue weighted by Crippen LogP contribution is 2.15. The lowest BCUT2D eigenvalue weighted by molar-refractivity contribution is 0.0952. The smallest absolute Gasteiger partial charge is 0.251 e. The van der Waals surface area contributed by atoms with Crippen LogP contribution in [0.25, 0.3) is 11.0 Å². The molecule has 1 aromatic heterocycles. The maximum Gasteiger partial charge on any atom is 0.251 e. The molecule has 136 valence electrons. The van der Waals surface area contributed by atoms with E-state index < -0.39 is 9.84 Å². The number of hydrogen-bond donors (Lipinski definition) is 1. The largest absolute Gasteiger partial charge is 0.350 e. The number of para-hydroxylation sites is 2. The molecule has 0 atom stereocenters. The maximum atomic E-state index is 12.4. The third kappa shape index (κ3) is 4.29. The molecule has 2 aromatic carbocycles. The molecule has 7 heteroatoms. The predicted octanol–water partition coefficient (Wildman–Crippen LogP) is 2.32. The minimum Gasteiger partial charge on any atom is -0.350 e. The molecule has 1 heterocycles. The summed E-state index contributed by atoms with van der Waals surface area (Å²) in [5, 5.41) is 2.88. The second-order valence-corrected chi connectivity index (χ2v) is 8.47. The molecule has 0 aliphatic heterocycles. The number of benzene rings is 2. The molecule has 0 bridgehead atoms. The van der Waals surface area contributed by atoms with Crippen molar-refractivity contribution in [3.05, 3.63) is 65.5 Å². The van der Waals surface area contributed by atoms with Crippen molar-refractivity contribution in [3.63, 3.8) is 0 Å². The molecular weight excluding hydrogens is 350 g/mol. The molecule has 0 saturated carbocycles. The fourth-order valence-corrected chi connectivity index (χ4v) is 3.75. The van der Waals surface area contributed by atoms with Gasteiger partial charge >= 0.3 is 0 Å². The summed E-state index contributed by atoms with van der Waals surface area (Å²) >= 11 is 0. The topological polar surface area (TPSA) is 81.1 Å². The van der Waals surface area contributed by atoms with E-state index in [1.807, 2.05) is 31.2 Å². The van der Waals surface area contributed by atoms with E-state index in [1.54, 1.807) is 24.3 Å². The lowest BCUT2D eigenvalue weighted by Gasteiger charge is -2.09. The van der Waals surface area contributed by atoms with E-state index in [0.29, 0.717) is 24.2 Å². The average molecular weight is 371 g/mol. The Bertz CT molecular complexity index is 1050. The first-order valence-electron chi connectivity index (χ1n) is 8.30. The molecule has 0 spiro atoms. The number of aryl methyl sites for hydroxylation is 1. The molecule has 0 aliphatic carbocycles. The van der Waals surface area contributed by atoms with Crippen molar-refractivity contribution in [2.75, 3.05) is 12.8 Å². The number of nitrogens with zero attached hydrogens (tertiary/aromatic N) is 2. The molecule has 1 N–H and O–H groups in total. The Morgan fingerprint density at radius 1 is 1.15 bits per heavy atom. The first-order valence-corrected chi connectivity index (χ1v) is 10.4. The van der Waals surface area contributed by atoms with Crippen molar-refractivity contribution in [3.8, 4) is 0 Å². The molecule has 0 unspecified atom stereocenters. The van der Waals surface area contributed by atoms with Crippen LogP contribution >= 0.6 is 0 Å². The van der Waals surface area contributed by atoms with Gasteiger partial charge in [-0.25, -0.2) is 13.4 Å². The van der Waals surface area contributed by atoms with Crippen molar-refractivity contribution < 1.29 is 13.2 Å². The highest BCUT2D eigenvalue weighted by atomic mass is 32.2. The Hall–Kier alpha value is -2.67. The van der Waals surface area contributed by atoms with Gasteiger partial charge < -0.3 is 9.88 Å². The van der Waals surface area contributed by atoms with Gasteiger partial charge in [-0.1, -0.05) is 24.3 Å². The SMILES string of the molecule is Cc1nc2ccccc2n1CCNC(=O)c1cccc(CS(C)(=O)=O)c1. The van der Waals surface area contributed by atoms with Gasteiger partial charge in [0, 0.05) is 24.9 Å². The van der Waals surface area contributed by atoms with Crippen molar-refractivity contribution in [2.24, 2.45) is 0 Å². The number of fused-ring (bicyclic) bond motifs is 1. The summed E-state index contributed by atoms with van der Waals surface area (Å²) in [7, 11) is -3.13. The van der Waals surface area contributed by atoms with Crippen LogP contribution in [0.5, 0.6) is 0 Å². The van der Waals surface area contributed by atoms with Crippen LogP contribution in [0, 0.1) is 6.92 Å². The molecule has 0 fully saturated rings. The summed E-state index contributed by atoms with van der Waals surface area (Å²) in [6.45, 7) is 3.01. The van der Waals surface area contributed by atoms with Crippen molar-refractivity contribution in [1.29, 1.82) is 0 Å². The van der Waals surface area contributed by atoms with Crippen LogP contribution in [-0.4, -0.2) is 36.7 Å². The third-order valence-corrected chi connectivity index (χ3v) is 4.94. The molecule has 6 nitrogen and oxygen atoms in total. The second-order valence-electron chi connectivity index (χ2n) is 6.33. The van der Waals surface area contributed by atoms with Gasteiger partial charge in [0.05, 0.1) is 16.8 Å². The van der Waals surface area contributed by atoms with E-state index in [1.165, 1.54) is 6.26 Å². The quantitative estimate of drug-likeness (QED) is 0.721.